The normalized spacial score (nSPS) is 12.2. The van der Waals surface area contributed by atoms with Crippen LogP contribution in [-0.2, 0) is 20.0 Å². The molecule has 0 unspecified atom stereocenters. The topological polar surface area (TPSA) is 132 Å². The van der Waals surface area contributed by atoms with Crippen LogP contribution in [0.1, 0.15) is 0 Å². The molecule has 2 aromatic rings. The van der Waals surface area contributed by atoms with Crippen LogP contribution >= 0.6 is 11.3 Å². The lowest BCUT2D eigenvalue weighted by molar-refractivity contribution is 0.596. The van der Waals surface area contributed by atoms with Gasteiger partial charge >= 0.3 is 0 Å². The van der Waals surface area contributed by atoms with Crippen molar-refractivity contribution in [1.82, 2.24) is 0 Å². The minimum Gasteiger partial charge on any atom is -0.398 e. The second kappa shape index (κ2) is 5.05. The van der Waals surface area contributed by atoms with Gasteiger partial charge in [0, 0.05) is 11.1 Å². The van der Waals surface area contributed by atoms with E-state index in [2.05, 4.69) is 4.72 Å². The fraction of sp³-hybridized carbons (Fsp3) is 0. The highest BCUT2D eigenvalue weighted by atomic mass is 32.2. The molecule has 10 heteroatoms. The van der Waals surface area contributed by atoms with Crippen LogP contribution in [0.25, 0.3) is 0 Å². The van der Waals surface area contributed by atoms with Crippen molar-refractivity contribution in [3.63, 3.8) is 0 Å². The summed E-state index contributed by atoms with van der Waals surface area (Å²) in [6.07, 6.45) is 0. The van der Waals surface area contributed by atoms with Crippen molar-refractivity contribution in [2.45, 2.75) is 9.10 Å². The van der Waals surface area contributed by atoms with Gasteiger partial charge in [0.2, 0.25) is 10.0 Å². The van der Waals surface area contributed by atoms with Gasteiger partial charge < -0.3 is 5.73 Å². The maximum atomic E-state index is 12.0. The third kappa shape index (κ3) is 3.28. The fourth-order valence-corrected chi connectivity index (χ4v) is 4.10. The van der Waals surface area contributed by atoms with Gasteiger partial charge in [0.1, 0.15) is 4.21 Å². The van der Waals surface area contributed by atoms with Crippen LogP contribution in [0.5, 0.6) is 0 Å². The number of nitrogens with two attached hydrogens (primary N) is 2. The molecular weight excluding hydrogens is 322 g/mol. The first-order valence-electron chi connectivity index (χ1n) is 5.18. The summed E-state index contributed by atoms with van der Waals surface area (Å²) in [5.41, 5.74) is 5.91. The quantitative estimate of drug-likeness (QED) is 0.760. The zero-order valence-electron chi connectivity index (χ0n) is 9.98. The SMILES string of the molecule is Nc1csc(S(=O)(=O)Nc2cccc(S(N)(=O)=O)c2)c1. The van der Waals surface area contributed by atoms with E-state index < -0.39 is 20.0 Å². The third-order valence-corrected chi connectivity index (χ3v) is 6.03. The van der Waals surface area contributed by atoms with E-state index in [0.29, 0.717) is 5.69 Å². The molecule has 1 aromatic heterocycles. The summed E-state index contributed by atoms with van der Waals surface area (Å²) in [5, 5.41) is 6.48. The van der Waals surface area contributed by atoms with Crippen LogP contribution < -0.4 is 15.6 Å². The highest BCUT2D eigenvalue weighted by molar-refractivity contribution is 7.94. The van der Waals surface area contributed by atoms with Crippen LogP contribution in [0.15, 0.2) is 44.8 Å². The molecule has 0 amide bonds. The molecule has 7 nitrogen and oxygen atoms in total. The van der Waals surface area contributed by atoms with E-state index in [0.717, 1.165) is 17.4 Å². The third-order valence-electron chi connectivity index (χ3n) is 2.28. The second-order valence-electron chi connectivity index (χ2n) is 3.88. The van der Waals surface area contributed by atoms with E-state index in [4.69, 9.17) is 10.9 Å². The molecule has 0 spiro atoms. The number of benzene rings is 1. The Kier molecular flexibility index (Phi) is 3.73. The molecule has 0 bridgehead atoms. The highest BCUT2D eigenvalue weighted by Gasteiger charge is 2.17. The first kappa shape index (κ1) is 14.8. The summed E-state index contributed by atoms with van der Waals surface area (Å²) in [5.74, 6) is 0. The minimum atomic E-state index is -3.89. The van der Waals surface area contributed by atoms with Gasteiger partial charge in [-0.15, -0.1) is 11.3 Å². The van der Waals surface area contributed by atoms with Crippen LogP contribution in [0.2, 0.25) is 0 Å². The Bertz CT molecular complexity index is 840. The number of anilines is 2. The highest BCUT2D eigenvalue weighted by Crippen LogP contribution is 2.24. The zero-order chi connectivity index (χ0) is 15.0. The van der Waals surface area contributed by atoms with Crippen LogP contribution in [-0.4, -0.2) is 16.8 Å². The fourth-order valence-electron chi connectivity index (χ4n) is 1.41. The van der Waals surface area contributed by atoms with Gasteiger partial charge in [-0.3, -0.25) is 4.72 Å². The van der Waals surface area contributed by atoms with Gasteiger partial charge in [0.25, 0.3) is 10.0 Å². The molecule has 1 heterocycles. The van der Waals surface area contributed by atoms with Gasteiger partial charge in [-0.2, -0.15) is 0 Å². The molecule has 1 aromatic carbocycles. The number of primary sulfonamides is 1. The van der Waals surface area contributed by atoms with Crippen molar-refractivity contribution in [2.75, 3.05) is 10.5 Å². The molecule has 0 radical (unpaired) electrons. The number of nitrogens with one attached hydrogen (secondary N) is 1. The largest absolute Gasteiger partial charge is 0.398 e. The molecule has 0 aliphatic carbocycles. The Morgan fingerprint density at radius 2 is 1.80 bits per heavy atom. The lowest BCUT2D eigenvalue weighted by Gasteiger charge is -2.07. The zero-order valence-corrected chi connectivity index (χ0v) is 12.4. The van der Waals surface area contributed by atoms with Gasteiger partial charge in [-0.25, -0.2) is 22.0 Å². The Balaban J connectivity index is 2.35. The molecule has 5 N–H and O–H groups in total. The molecule has 2 rings (SSSR count). The Hall–Kier alpha value is -1.62. The number of sulfonamides is 2. The summed E-state index contributed by atoms with van der Waals surface area (Å²) < 4.78 is 48.8. The van der Waals surface area contributed by atoms with E-state index in [9.17, 15) is 16.8 Å². The van der Waals surface area contributed by atoms with Crippen molar-refractivity contribution >= 4 is 42.8 Å². The van der Waals surface area contributed by atoms with E-state index in [1.54, 1.807) is 0 Å². The maximum absolute atomic E-state index is 12.0. The van der Waals surface area contributed by atoms with E-state index in [1.165, 1.54) is 29.6 Å². The molecule has 108 valence electrons. The molecule has 0 aliphatic rings. The first-order chi connectivity index (χ1) is 9.18. The number of hydrogen-bond donors (Lipinski definition) is 3. The number of hydrogen-bond acceptors (Lipinski definition) is 6. The summed E-state index contributed by atoms with van der Waals surface area (Å²) in [7, 11) is -7.70. The van der Waals surface area contributed by atoms with Crippen LogP contribution in [0.4, 0.5) is 11.4 Å². The predicted octanol–water partition coefficient (Wildman–Crippen LogP) is 0.778. The van der Waals surface area contributed by atoms with Crippen molar-refractivity contribution in [3.05, 3.63) is 35.7 Å². The molecule has 0 aliphatic heterocycles. The number of nitrogen functional groups attached to an aromatic ring is 1. The molecular formula is C10H11N3O4S3. The second-order valence-corrected chi connectivity index (χ2v) is 8.26. The van der Waals surface area contributed by atoms with Crippen molar-refractivity contribution in [1.29, 1.82) is 0 Å². The molecule has 0 atom stereocenters. The average Bonchev–Trinajstić information content (AvgIpc) is 2.75. The summed E-state index contributed by atoms with van der Waals surface area (Å²) in [6.45, 7) is 0. The predicted molar refractivity (Wildman–Crippen MR) is 77.4 cm³/mol. The monoisotopic (exact) mass is 333 g/mol. The Labute approximate surface area is 120 Å². The Morgan fingerprint density at radius 1 is 1.10 bits per heavy atom. The summed E-state index contributed by atoms with van der Waals surface area (Å²) >= 11 is 0.967. The lowest BCUT2D eigenvalue weighted by atomic mass is 10.3. The van der Waals surface area contributed by atoms with E-state index >= 15 is 0 Å². The molecule has 0 saturated carbocycles. The van der Waals surface area contributed by atoms with Gasteiger partial charge in [-0.05, 0) is 24.3 Å². The lowest BCUT2D eigenvalue weighted by Crippen LogP contribution is -2.14. The molecule has 0 fully saturated rings. The van der Waals surface area contributed by atoms with Crippen molar-refractivity contribution < 1.29 is 16.8 Å². The van der Waals surface area contributed by atoms with Gasteiger partial charge in [-0.1, -0.05) is 6.07 Å². The first-order valence-corrected chi connectivity index (χ1v) is 9.09. The molecule has 0 saturated heterocycles. The Morgan fingerprint density at radius 3 is 2.35 bits per heavy atom. The molecule has 20 heavy (non-hydrogen) atoms. The van der Waals surface area contributed by atoms with Gasteiger partial charge in [0.05, 0.1) is 10.6 Å². The van der Waals surface area contributed by atoms with Gasteiger partial charge in [0.15, 0.2) is 0 Å². The number of thiophene rings is 1. The average molecular weight is 333 g/mol. The van der Waals surface area contributed by atoms with Crippen molar-refractivity contribution in [3.8, 4) is 0 Å². The standard InChI is InChI=1S/C10H11N3O4S3/c11-7-4-10(18-6-7)20(16,17)13-8-2-1-3-9(5-8)19(12,14)15/h1-6,13H,11H2,(H2,12,14,15). The number of rotatable bonds is 4. The summed E-state index contributed by atoms with van der Waals surface area (Å²) in [6, 6.07) is 6.54. The van der Waals surface area contributed by atoms with Crippen LogP contribution in [0.3, 0.4) is 0 Å². The minimum absolute atomic E-state index is 0.0380. The van der Waals surface area contributed by atoms with E-state index in [1.807, 2.05) is 0 Å². The summed E-state index contributed by atoms with van der Waals surface area (Å²) in [4.78, 5) is -0.177. The van der Waals surface area contributed by atoms with Crippen molar-refractivity contribution in [2.24, 2.45) is 5.14 Å². The smallest absolute Gasteiger partial charge is 0.271 e. The maximum Gasteiger partial charge on any atom is 0.271 e. The van der Waals surface area contributed by atoms with E-state index in [-0.39, 0.29) is 14.8 Å². The van der Waals surface area contributed by atoms with Crippen LogP contribution in [0, 0.1) is 0 Å².